The minimum atomic E-state index is -0.620. The topological polar surface area (TPSA) is 76.1 Å². The molecule has 1 fully saturated rings. The number of piperidine rings is 1. The number of aliphatic hydroxyl groups is 1. The van der Waals surface area contributed by atoms with Crippen LogP contribution in [0.25, 0.3) is 0 Å². The van der Waals surface area contributed by atoms with Crippen LogP contribution in [0.3, 0.4) is 0 Å². The van der Waals surface area contributed by atoms with E-state index >= 15 is 0 Å². The van der Waals surface area contributed by atoms with Crippen molar-refractivity contribution in [3.05, 3.63) is 35.9 Å². The van der Waals surface area contributed by atoms with Crippen LogP contribution in [0.1, 0.15) is 39.2 Å². The molecular formula is C19H27NO5. The summed E-state index contributed by atoms with van der Waals surface area (Å²) in [4.78, 5) is 25.8. The molecule has 6 heteroatoms. The zero-order chi connectivity index (χ0) is 18.4. The zero-order valence-corrected chi connectivity index (χ0v) is 15.1. The van der Waals surface area contributed by atoms with Gasteiger partial charge in [0.1, 0.15) is 12.2 Å². The number of carbonyl (C=O) groups excluding carboxylic acids is 2. The first-order valence-corrected chi connectivity index (χ1v) is 8.60. The van der Waals surface area contributed by atoms with Crippen LogP contribution < -0.4 is 0 Å². The summed E-state index contributed by atoms with van der Waals surface area (Å²) in [7, 11) is 0. The van der Waals surface area contributed by atoms with Gasteiger partial charge in [0.15, 0.2) is 0 Å². The molecule has 1 saturated heterocycles. The molecule has 0 aromatic heterocycles. The molecule has 1 aliphatic rings. The number of nitrogens with zero attached hydrogens (tertiary/aromatic N) is 1. The van der Waals surface area contributed by atoms with E-state index in [1.165, 1.54) is 0 Å². The molecule has 1 amide bonds. The Balaban J connectivity index is 1.86. The normalized spacial score (nSPS) is 20.9. The van der Waals surface area contributed by atoms with E-state index in [9.17, 15) is 14.7 Å². The zero-order valence-electron chi connectivity index (χ0n) is 15.1. The molecule has 0 aliphatic carbocycles. The van der Waals surface area contributed by atoms with E-state index in [4.69, 9.17) is 9.47 Å². The van der Waals surface area contributed by atoms with Gasteiger partial charge in [-0.25, -0.2) is 4.79 Å². The highest BCUT2D eigenvalue weighted by Gasteiger charge is 2.33. The number of hydrogen-bond donors (Lipinski definition) is 1. The van der Waals surface area contributed by atoms with Crippen LogP contribution in [0.4, 0.5) is 4.79 Å². The summed E-state index contributed by atoms with van der Waals surface area (Å²) in [6.07, 6.45) is -0.537. The minimum absolute atomic E-state index is 0.0842. The van der Waals surface area contributed by atoms with Crippen molar-refractivity contribution in [3.63, 3.8) is 0 Å². The Morgan fingerprint density at radius 2 is 1.92 bits per heavy atom. The van der Waals surface area contributed by atoms with Crippen molar-refractivity contribution >= 4 is 12.1 Å². The van der Waals surface area contributed by atoms with Crippen LogP contribution in [-0.2, 0) is 20.9 Å². The third-order valence-corrected chi connectivity index (χ3v) is 4.01. The standard InChI is InChI=1S/C19H27NO5/c1-19(2,3)25-17(22)11-15-12-20(10-9-16(15)21)18(23)24-13-14-7-5-4-6-8-14/h4-8,15-16,21H,9-13H2,1-3H3/t15-,16-/m0/s1. The summed E-state index contributed by atoms with van der Waals surface area (Å²) in [5.41, 5.74) is 0.351. The maximum atomic E-state index is 12.2. The first-order valence-electron chi connectivity index (χ1n) is 8.60. The van der Waals surface area contributed by atoms with Gasteiger partial charge in [0, 0.05) is 19.0 Å². The average molecular weight is 349 g/mol. The Morgan fingerprint density at radius 3 is 2.56 bits per heavy atom. The van der Waals surface area contributed by atoms with Crippen LogP contribution in [0.2, 0.25) is 0 Å². The summed E-state index contributed by atoms with van der Waals surface area (Å²) in [6, 6.07) is 9.45. The van der Waals surface area contributed by atoms with Gasteiger partial charge < -0.3 is 19.5 Å². The number of esters is 1. The predicted molar refractivity (Wildman–Crippen MR) is 92.8 cm³/mol. The maximum absolute atomic E-state index is 12.2. The minimum Gasteiger partial charge on any atom is -0.460 e. The molecule has 6 nitrogen and oxygen atoms in total. The molecule has 2 rings (SSSR count). The fourth-order valence-corrected chi connectivity index (χ4v) is 2.79. The Morgan fingerprint density at radius 1 is 1.24 bits per heavy atom. The first kappa shape index (κ1) is 19.2. The van der Waals surface area contributed by atoms with Crippen molar-refractivity contribution in [1.29, 1.82) is 0 Å². The second-order valence-corrected chi connectivity index (χ2v) is 7.39. The van der Waals surface area contributed by atoms with Gasteiger partial charge in [-0.15, -0.1) is 0 Å². The molecule has 1 aromatic rings. The van der Waals surface area contributed by atoms with Gasteiger partial charge in [0.25, 0.3) is 0 Å². The highest BCUT2D eigenvalue weighted by molar-refractivity contribution is 5.71. The lowest BCUT2D eigenvalue weighted by atomic mass is 9.92. The van der Waals surface area contributed by atoms with Crippen LogP contribution in [0, 0.1) is 5.92 Å². The number of rotatable bonds is 4. The molecule has 1 aliphatic heterocycles. The van der Waals surface area contributed by atoms with Crippen molar-refractivity contribution in [1.82, 2.24) is 4.90 Å². The lowest BCUT2D eigenvalue weighted by Gasteiger charge is -2.35. The van der Waals surface area contributed by atoms with E-state index in [1.807, 2.05) is 30.3 Å². The molecule has 0 unspecified atom stereocenters. The molecule has 1 N–H and O–H groups in total. The van der Waals surface area contributed by atoms with Gasteiger partial charge in [0.05, 0.1) is 12.5 Å². The Labute approximate surface area is 148 Å². The Bertz CT molecular complexity index is 581. The maximum Gasteiger partial charge on any atom is 0.410 e. The van der Waals surface area contributed by atoms with E-state index in [0.717, 1.165) is 5.56 Å². The number of likely N-dealkylation sites (tertiary alicyclic amines) is 1. The molecule has 0 saturated carbocycles. The third-order valence-electron chi connectivity index (χ3n) is 4.01. The van der Waals surface area contributed by atoms with E-state index in [1.54, 1.807) is 25.7 Å². The summed E-state index contributed by atoms with van der Waals surface area (Å²) in [5.74, 6) is -0.705. The molecule has 0 bridgehead atoms. The Kier molecular flexibility index (Phi) is 6.42. The van der Waals surface area contributed by atoms with Gasteiger partial charge >= 0.3 is 12.1 Å². The summed E-state index contributed by atoms with van der Waals surface area (Å²) in [5, 5.41) is 10.1. The van der Waals surface area contributed by atoms with Crippen LogP contribution in [0.15, 0.2) is 30.3 Å². The molecule has 0 radical (unpaired) electrons. The second kappa shape index (κ2) is 8.34. The molecule has 2 atom stereocenters. The first-order chi connectivity index (χ1) is 11.7. The predicted octanol–water partition coefficient (Wildman–Crippen LogP) is 2.74. The molecule has 1 heterocycles. The molecule has 25 heavy (non-hydrogen) atoms. The Hall–Kier alpha value is -2.08. The molecular weight excluding hydrogens is 322 g/mol. The highest BCUT2D eigenvalue weighted by atomic mass is 16.6. The summed E-state index contributed by atoms with van der Waals surface area (Å²) in [6.45, 7) is 6.31. The van der Waals surface area contributed by atoms with Crippen molar-refractivity contribution in [3.8, 4) is 0 Å². The number of aliphatic hydroxyl groups excluding tert-OH is 1. The fourth-order valence-electron chi connectivity index (χ4n) is 2.79. The van der Waals surface area contributed by atoms with Crippen molar-refractivity contribution in [2.24, 2.45) is 5.92 Å². The number of benzene rings is 1. The molecule has 138 valence electrons. The average Bonchev–Trinajstić information content (AvgIpc) is 2.54. The van der Waals surface area contributed by atoms with Gasteiger partial charge in [-0.1, -0.05) is 30.3 Å². The van der Waals surface area contributed by atoms with E-state index < -0.39 is 17.8 Å². The second-order valence-electron chi connectivity index (χ2n) is 7.39. The number of hydrogen-bond acceptors (Lipinski definition) is 5. The van der Waals surface area contributed by atoms with Crippen LogP contribution in [0.5, 0.6) is 0 Å². The SMILES string of the molecule is CC(C)(C)OC(=O)C[C@H]1CN(C(=O)OCc2ccccc2)CC[C@@H]1O. The third kappa shape index (κ3) is 6.38. The van der Waals surface area contributed by atoms with E-state index in [2.05, 4.69) is 0 Å². The number of ether oxygens (including phenoxy) is 2. The smallest absolute Gasteiger partial charge is 0.410 e. The molecule has 0 spiro atoms. The summed E-state index contributed by atoms with van der Waals surface area (Å²) >= 11 is 0. The van der Waals surface area contributed by atoms with Gasteiger partial charge in [-0.2, -0.15) is 0 Å². The van der Waals surface area contributed by atoms with Crippen molar-refractivity contribution in [2.75, 3.05) is 13.1 Å². The monoisotopic (exact) mass is 349 g/mol. The van der Waals surface area contributed by atoms with E-state index in [0.29, 0.717) is 13.0 Å². The lowest BCUT2D eigenvalue weighted by Crippen LogP contribution is -2.47. The van der Waals surface area contributed by atoms with Crippen LogP contribution in [-0.4, -0.2) is 46.9 Å². The van der Waals surface area contributed by atoms with Gasteiger partial charge in [0.2, 0.25) is 0 Å². The largest absolute Gasteiger partial charge is 0.460 e. The van der Waals surface area contributed by atoms with Crippen molar-refractivity contribution in [2.45, 2.75) is 51.9 Å². The quantitative estimate of drug-likeness (QED) is 0.846. The van der Waals surface area contributed by atoms with Crippen LogP contribution >= 0.6 is 0 Å². The molecule has 1 aromatic carbocycles. The van der Waals surface area contributed by atoms with Gasteiger partial charge in [-0.05, 0) is 32.8 Å². The highest BCUT2D eigenvalue weighted by Crippen LogP contribution is 2.23. The van der Waals surface area contributed by atoms with Crippen molar-refractivity contribution < 1.29 is 24.2 Å². The van der Waals surface area contributed by atoms with E-state index in [-0.39, 0.29) is 31.5 Å². The lowest BCUT2D eigenvalue weighted by molar-refractivity contribution is -0.157. The number of amides is 1. The number of carbonyl (C=O) groups is 2. The van der Waals surface area contributed by atoms with Gasteiger partial charge in [-0.3, -0.25) is 4.79 Å². The fraction of sp³-hybridized carbons (Fsp3) is 0.579. The summed E-state index contributed by atoms with van der Waals surface area (Å²) < 4.78 is 10.6.